The van der Waals surface area contributed by atoms with Gasteiger partial charge in [0.05, 0.1) is 29.7 Å². The summed E-state index contributed by atoms with van der Waals surface area (Å²) in [6, 6.07) is 72.4. The van der Waals surface area contributed by atoms with Crippen molar-refractivity contribution in [3.05, 3.63) is 340 Å². The Bertz CT molecular complexity index is 5510. The highest BCUT2D eigenvalue weighted by atomic mass is 16.4. The monoisotopic (exact) mass is 1980 g/mol. The summed E-state index contributed by atoms with van der Waals surface area (Å²) in [4.78, 5) is 225. The van der Waals surface area contributed by atoms with E-state index in [1.807, 2.05) is 97.1 Å². The summed E-state index contributed by atoms with van der Waals surface area (Å²) in [5.41, 5.74) is 81.2. The largest absolute Gasteiger partial charge is 0.480 e. The zero-order valence-corrected chi connectivity index (χ0v) is 79.2. The molecule has 1 aliphatic heterocycles. The number of Topliss-reactive ketones (excluding diaryl/α,β-unsaturated/α-hetero) is 2. The Labute approximate surface area is 823 Å². The van der Waals surface area contributed by atoms with Crippen molar-refractivity contribution in [2.75, 3.05) is 59.3 Å². The quantitative estimate of drug-likeness (QED) is 0.0210. The van der Waals surface area contributed by atoms with Gasteiger partial charge in [-0.05, 0) is 145 Å². The lowest BCUT2D eigenvalue weighted by Gasteiger charge is -2.11. The van der Waals surface area contributed by atoms with E-state index in [1.54, 1.807) is 156 Å². The van der Waals surface area contributed by atoms with Gasteiger partial charge >= 0.3 is 23.9 Å². The summed E-state index contributed by atoms with van der Waals surface area (Å²) >= 11 is 0. The molecule has 10 aromatic rings. The van der Waals surface area contributed by atoms with Crippen LogP contribution in [0.5, 0.6) is 0 Å². The summed E-state index contributed by atoms with van der Waals surface area (Å²) in [6.07, 6.45) is 6.16. The number of nitrogens with zero attached hydrogens (tertiary/aromatic N) is 4. The van der Waals surface area contributed by atoms with Crippen LogP contribution in [0.2, 0.25) is 0 Å². The van der Waals surface area contributed by atoms with Crippen molar-refractivity contribution in [1.29, 1.82) is 0 Å². The number of aromatic nitrogens is 1. The second-order valence-corrected chi connectivity index (χ2v) is 28.6. The number of hydrogen-bond donors (Lipinski definition) is 20. The van der Waals surface area contributed by atoms with Crippen LogP contribution < -0.4 is 91.3 Å². The van der Waals surface area contributed by atoms with Gasteiger partial charge in [0.1, 0.15) is 18.6 Å². The van der Waals surface area contributed by atoms with Crippen LogP contribution in [0.3, 0.4) is 0 Å². The smallest absolute Gasteiger partial charge is 0.336 e. The number of rotatable bonds is 26. The number of ketones is 2. The molecule has 0 bridgehead atoms. The first-order valence-electron chi connectivity index (χ1n) is 41.6. The highest BCUT2D eigenvalue weighted by Gasteiger charge is 2.21. The van der Waals surface area contributed by atoms with Crippen LogP contribution in [0.1, 0.15) is 161 Å². The van der Waals surface area contributed by atoms with E-state index in [0.717, 1.165) is 29.5 Å². The Hall–Kier alpha value is -19.1. The Morgan fingerprint density at radius 1 is 0.420 bits per heavy atom. The average molecular weight is 1980 g/mol. The standard InChI is InChI=1S/C14H13NO.C14H12O.C9H9NO3.C8H8N2O2.C8H7NO3.C7H8N2O.C7H7NO.C6H10N2O2.C6H6N2O.C5H10N2O3.C4H8N2O3.C4H9NO.C3H7NO.C2H5NO.CH3NO/c15-13-8-6-12(7-9-13)14(16)10-11-4-2-1-3-5-11;15-14(13-9-5-2-6-10-13)11-12-7-3-1-4-8-12;11-8(12)6-10-9(13)7-4-2-1-3-5-7;9-7(11)5-1-2-6(4-3-5)8(10)12;9-7(10)5-3-1-2-4-6(5)8(11)12;8-6-3-1-5(2-4-6)7(9)10;8-7(9)6-4-2-1-3-5-6;7-5(9)4-8-3-1-2-6(8)10;7-6(9)5-2-1-3-8-4-5;6-3(5(9)10)1-2-4(7)8;5-2(4(8)9)1-3(6)7;1-4(6)5(2)3;1-4(2)3-5;1-2(3)4;2-1-3/h1-9H,10,15H2;1-10H,11H2;1-5H,6H2,(H,10,13)(H,11,12);1-4H,(H2,9,11)(H2,10,12);1-4H,(H2,9,10)(H,11,12);1-4H,8H2,(H2,9,10);1-5H,(H2,8,9);1-4H2,(H2,7,9);1-4H,(H2,7,9);3H,1-2,6H2,(H2,7,8)(H,9,10);2H,1,5H2,(H2,6,7)(H,8,9);1-3H3;3H,1-2H3;1H3,(H2,3,4);1H,(H2,2,3)/t;;;;;;;;;3-;2-;;;;/m.........00..../s1. The van der Waals surface area contributed by atoms with Crippen LogP contribution >= 0.6 is 0 Å². The number of anilines is 2. The third-order valence-corrected chi connectivity index (χ3v) is 16.4. The van der Waals surface area contributed by atoms with Gasteiger partial charge in [-0.2, -0.15) is 0 Å². The SMILES string of the molecule is CC(=O)N(C)C.CC(N)=O.CN(C)C=O.NC(=O)CC[C@H](N)C(=O)O.NC(=O)CN1CCCC1=O.NC(=O)C[C@H](N)C(=O)O.NC(=O)c1ccc(C(N)=O)cc1.NC(=O)c1ccc(N)cc1.NC(=O)c1ccccc1.NC(=O)c1ccccc1C(=O)O.NC(=O)c1cccnc1.NC=O.Nc1ccc(C(=O)Cc2ccccc2)cc1.O=C(Cc1ccccc1)c1ccccc1.O=C(O)CNC(=O)c1ccccc1. The number of carbonyl (C=O) groups is 21. The minimum Gasteiger partial charge on any atom is -0.480 e. The van der Waals surface area contributed by atoms with Gasteiger partial charge in [0.25, 0.3) is 5.91 Å². The molecule has 143 heavy (non-hydrogen) atoms. The maximum Gasteiger partial charge on any atom is 0.336 e. The first kappa shape index (κ1) is 130. The highest BCUT2D eigenvalue weighted by Crippen LogP contribution is 2.14. The lowest BCUT2D eigenvalue weighted by Crippen LogP contribution is -2.34. The van der Waals surface area contributed by atoms with Crippen molar-refractivity contribution >= 4 is 136 Å². The van der Waals surface area contributed by atoms with Gasteiger partial charge < -0.3 is 126 Å². The van der Waals surface area contributed by atoms with E-state index in [-0.39, 0.29) is 91.0 Å². The van der Waals surface area contributed by atoms with Gasteiger partial charge in [-0.15, -0.1) is 0 Å². The third-order valence-electron chi connectivity index (χ3n) is 16.4. The fraction of sp³-hybridized carbons (Fsp3) is 0.184. The Morgan fingerprint density at radius 3 is 0.993 bits per heavy atom. The molecular formula is C98H122N20O25. The fourth-order valence-corrected chi connectivity index (χ4v) is 9.13. The first-order valence-corrected chi connectivity index (χ1v) is 41.6. The van der Waals surface area contributed by atoms with Gasteiger partial charge in [-0.25, -0.2) is 4.79 Å². The van der Waals surface area contributed by atoms with Gasteiger partial charge in [0, 0.05) is 137 Å². The van der Waals surface area contributed by atoms with E-state index >= 15 is 0 Å². The topological polar surface area (TPSA) is 864 Å². The summed E-state index contributed by atoms with van der Waals surface area (Å²) < 4.78 is 0. The zero-order chi connectivity index (χ0) is 110. The number of nitrogens with two attached hydrogens (primary N) is 15. The van der Waals surface area contributed by atoms with Crippen molar-refractivity contribution in [3.8, 4) is 0 Å². The summed E-state index contributed by atoms with van der Waals surface area (Å²) in [5.74, 6) is -9.51. The highest BCUT2D eigenvalue weighted by molar-refractivity contribution is 6.04. The number of carboxylic acid groups (broad SMARTS) is 4. The Kier molecular flexibility index (Phi) is 70.2. The van der Waals surface area contributed by atoms with Crippen molar-refractivity contribution in [2.24, 2.45) is 74.5 Å². The molecule has 2 atom stereocenters. The number of benzene rings is 9. The van der Waals surface area contributed by atoms with Crippen LogP contribution in [0, 0.1) is 0 Å². The van der Waals surface area contributed by atoms with Gasteiger partial charge in [0.15, 0.2) is 11.6 Å². The molecule has 45 nitrogen and oxygen atoms in total. The number of nitrogens with one attached hydrogen (secondary N) is 1. The minimum atomic E-state index is -1.21. The molecule has 45 heteroatoms. The number of pyridine rings is 1. The van der Waals surface area contributed by atoms with Gasteiger partial charge in [-0.3, -0.25) is 101 Å². The second-order valence-electron chi connectivity index (χ2n) is 28.6. The van der Waals surface area contributed by atoms with Crippen molar-refractivity contribution in [2.45, 2.75) is 70.9 Å². The van der Waals surface area contributed by atoms with E-state index in [0.29, 0.717) is 76.1 Å². The van der Waals surface area contributed by atoms with Crippen LogP contribution in [0.25, 0.3) is 0 Å². The van der Waals surface area contributed by atoms with Gasteiger partial charge in [-0.1, -0.05) is 140 Å². The first-order chi connectivity index (χ1) is 67.2. The van der Waals surface area contributed by atoms with E-state index in [2.05, 4.69) is 27.5 Å². The third kappa shape index (κ3) is 70.3. The molecule has 15 amide bonds. The Morgan fingerprint density at radius 2 is 0.734 bits per heavy atom. The average Bonchev–Trinajstić information content (AvgIpc) is 1.16. The molecule has 11 rings (SSSR count). The number of carboxylic acids is 4. The molecule has 0 unspecified atom stereocenters. The summed E-state index contributed by atoms with van der Waals surface area (Å²) in [6.45, 7) is 3.24. The molecule has 0 saturated carbocycles. The van der Waals surface area contributed by atoms with Crippen molar-refractivity contribution in [3.63, 3.8) is 0 Å². The number of carbonyl (C=O) groups excluding carboxylic acids is 17. The number of likely N-dealkylation sites (tertiary alicyclic amines) is 1. The van der Waals surface area contributed by atoms with Gasteiger partial charge in [0.2, 0.25) is 83.7 Å². The molecule has 1 aromatic heterocycles. The van der Waals surface area contributed by atoms with Crippen LogP contribution in [0.15, 0.2) is 273 Å². The molecule has 1 fully saturated rings. The molecule has 1 aliphatic rings. The number of aromatic carboxylic acids is 1. The second kappa shape index (κ2) is 77.1. The van der Waals surface area contributed by atoms with E-state index in [1.165, 1.54) is 77.2 Å². The summed E-state index contributed by atoms with van der Waals surface area (Å²) in [5, 5.41) is 35.5. The lowest BCUT2D eigenvalue weighted by molar-refractivity contribution is -0.140. The molecule has 35 N–H and O–H groups in total. The molecule has 0 aliphatic carbocycles. The molecular weight excluding hydrogens is 1860 g/mol. The van der Waals surface area contributed by atoms with Crippen LogP contribution in [-0.4, -0.2) is 225 Å². The Balaban J connectivity index is -0.000000734. The normalized spacial score (nSPS) is 10.1. The number of nitrogen functional groups attached to an aromatic ring is 2. The molecule has 0 spiro atoms. The van der Waals surface area contributed by atoms with E-state index < -0.39 is 83.2 Å². The van der Waals surface area contributed by atoms with Crippen LogP contribution in [0.4, 0.5) is 11.4 Å². The van der Waals surface area contributed by atoms with Crippen molar-refractivity contribution in [1.82, 2.24) is 25.0 Å². The molecule has 0 radical (unpaired) electrons. The number of primary amides is 11. The van der Waals surface area contributed by atoms with Crippen LogP contribution in [-0.2, 0) is 65.6 Å². The zero-order valence-electron chi connectivity index (χ0n) is 79.2. The maximum atomic E-state index is 11.9. The molecule has 9 aromatic carbocycles. The molecule has 2 heterocycles. The predicted octanol–water partition coefficient (Wildman–Crippen LogP) is 2.43. The fourth-order valence-electron chi connectivity index (χ4n) is 9.13. The maximum absolute atomic E-state index is 11.9. The van der Waals surface area contributed by atoms with Crippen molar-refractivity contribution < 1.29 is 121 Å². The lowest BCUT2D eigenvalue weighted by atomic mass is 10.0. The van der Waals surface area contributed by atoms with E-state index in [9.17, 15) is 95.9 Å². The predicted molar refractivity (Wildman–Crippen MR) is 533 cm³/mol. The summed E-state index contributed by atoms with van der Waals surface area (Å²) in [7, 11) is 6.82. The van der Waals surface area contributed by atoms with E-state index in [4.69, 9.17) is 94.0 Å². The molecule has 764 valence electrons. The number of hydrogen-bond acceptors (Lipinski definition) is 26. The minimum absolute atomic E-state index is 0.0213. The molecule has 1 saturated heterocycles. The number of amides is 15. The number of aliphatic carboxylic acids is 3.